The van der Waals surface area contributed by atoms with Gasteiger partial charge in [-0.2, -0.15) is 0 Å². The Morgan fingerprint density at radius 2 is 1.72 bits per heavy atom. The van der Waals surface area contributed by atoms with E-state index < -0.39 is 16.7 Å². The van der Waals surface area contributed by atoms with Crippen LogP contribution in [0.1, 0.15) is 25.3 Å². The summed E-state index contributed by atoms with van der Waals surface area (Å²) in [4.78, 5) is 34.3. The van der Waals surface area contributed by atoms with Gasteiger partial charge in [-0.25, -0.2) is 0 Å². The minimum absolute atomic E-state index is 0.0571. The van der Waals surface area contributed by atoms with Gasteiger partial charge >= 0.3 is 11.8 Å². The number of carbonyl (C=O) groups excluding carboxylic acids is 2. The van der Waals surface area contributed by atoms with Crippen molar-refractivity contribution in [1.82, 2.24) is 0 Å². The van der Waals surface area contributed by atoms with Crippen LogP contribution in [0.4, 0.5) is 17.1 Å². The number of carbonyl (C=O) groups is 2. The number of anilines is 2. The third kappa shape index (κ3) is 4.54. The normalized spacial score (nSPS) is 10.4. The van der Waals surface area contributed by atoms with Gasteiger partial charge in [0.2, 0.25) is 0 Å². The Bertz CT molecular complexity index is 836. The maximum Gasteiger partial charge on any atom is 0.314 e. The second-order valence-corrected chi connectivity index (χ2v) is 5.98. The molecule has 0 bridgehead atoms. The molecule has 0 saturated heterocycles. The minimum atomic E-state index is -0.935. The molecule has 130 valence electrons. The molecule has 0 saturated carbocycles. The fraction of sp³-hybridized carbons (Fsp3) is 0.176. The van der Waals surface area contributed by atoms with Gasteiger partial charge in [-0.3, -0.25) is 19.7 Å². The van der Waals surface area contributed by atoms with E-state index in [0.717, 1.165) is 11.6 Å². The Kier molecular flexibility index (Phi) is 5.71. The molecule has 2 N–H and O–H groups in total. The highest BCUT2D eigenvalue weighted by Crippen LogP contribution is 2.27. The van der Waals surface area contributed by atoms with Crippen LogP contribution in [0.25, 0.3) is 0 Å². The number of halogens is 1. The third-order valence-electron chi connectivity index (χ3n) is 3.44. The van der Waals surface area contributed by atoms with Gasteiger partial charge in [0.15, 0.2) is 0 Å². The number of nitro benzene ring substituents is 1. The van der Waals surface area contributed by atoms with Crippen molar-refractivity contribution in [3.8, 4) is 0 Å². The Morgan fingerprint density at radius 1 is 1.08 bits per heavy atom. The van der Waals surface area contributed by atoms with Crippen molar-refractivity contribution < 1.29 is 14.5 Å². The summed E-state index contributed by atoms with van der Waals surface area (Å²) in [7, 11) is 0. The van der Waals surface area contributed by atoms with Crippen LogP contribution in [0.3, 0.4) is 0 Å². The lowest BCUT2D eigenvalue weighted by Gasteiger charge is -2.13. The highest BCUT2D eigenvalue weighted by Gasteiger charge is 2.19. The largest absolute Gasteiger partial charge is 0.318 e. The van der Waals surface area contributed by atoms with Gasteiger partial charge < -0.3 is 10.6 Å². The number of nitrogens with zero attached hydrogens (tertiary/aromatic N) is 1. The van der Waals surface area contributed by atoms with Crippen LogP contribution in [-0.2, 0) is 9.59 Å². The predicted octanol–water partition coefficient (Wildman–Crippen LogP) is 3.95. The van der Waals surface area contributed by atoms with Crippen LogP contribution < -0.4 is 10.6 Å². The molecule has 0 aliphatic heterocycles. The van der Waals surface area contributed by atoms with Crippen molar-refractivity contribution in [1.29, 1.82) is 0 Å². The molecule has 7 nitrogen and oxygen atoms in total. The zero-order valence-corrected chi connectivity index (χ0v) is 14.3. The van der Waals surface area contributed by atoms with Crippen molar-refractivity contribution in [3.05, 3.63) is 63.2 Å². The molecular formula is C17H16ClN3O4. The number of hydrogen-bond donors (Lipinski definition) is 2. The molecule has 2 aromatic carbocycles. The van der Waals surface area contributed by atoms with Gasteiger partial charge in [-0.15, -0.1) is 0 Å². The molecule has 2 amide bonds. The molecule has 25 heavy (non-hydrogen) atoms. The number of hydrogen-bond acceptors (Lipinski definition) is 4. The highest BCUT2D eigenvalue weighted by molar-refractivity contribution is 6.43. The van der Waals surface area contributed by atoms with E-state index in [1.54, 1.807) is 12.1 Å². The maximum atomic E-state index is 12.1. The van der Waals surface area contributed by atoms with E-state index in [1.165, 1.54) is 12.1 Å². The first-order chi connectivity index (χ1) is 11.8. The topological polar surface area (TPSA) is 101 Å². The van der Waals surface area contributed by atoms with Gasteiger partial charge in [0.05, 0.1) is 4.92 Å². The quantitative estimate of drug-likeness (QED) is 0.489. The van der Waals surface area contributed by atoms with Gasteiger partial charge in [0, 0.05) is 17.4 Å². The van der Waals surface area contributed by atoms with Gasteiger partial charge in [-0.1, -0.05) is 43.6 Å². The summed E-state index contributed by atoms with van der Waals surface area (Å²) < 4.78 is 0. The molecule has 2 rings (SSSR count). The summed E-state index contributed by atoms with van der Waals surface area (Å²) in [5.74, 6) is -1.64. The van der Waals surface area contributed by atoms with Crippen molar-refractivity contribution in [2.75, 3.05) is 10.6 Å². The summed E-state index contributed by atoms with van der Waals surface area (Å²) in [6.45, 7) is 3.94. The first-order valence-electron chi connectivity index (χ1n) is 7.44. The van der Waals surface area contributed by atoms with E-state index >= 15 is 0 Å². The maximum absolute atomic E-state index is 12.1. The monoisotopic (exact) mass is 361 g/mol. The number of benzene rings is 2. The predicted molar refractivity (Wildman–Crippen MR) is 95.9 cm³/mol. The number of para-hydroxylation sites is 1. The molecule has 0 atom stereocenters. The molecule has 0 fully saturated rings. The van der Waals surface area contributed by atoms with Crippen LogP contribution >= 0.6 is 11.6 Å². The SMILES string of the molecule is CC(C)c1ccccc1NC(=O)C(=O)Nc1ccc(Cl)c([N+](=O)[O-])c1. The van der Waals surface area contributed by atoms with Crippen LogP contribution in [0.5, 0.6) is 0 Å². The van der Waals surface area contributed by atoms with Gasteiger partial charge in [0.25, 0.3) is 5.69 Å². The number of rotatable bonds is 4. The molecule has 0 aromatic heterocycles. The summed E-state index contributed by atoms with van der Waals surface area (Å²) >= 11 is 5.71. The summed E-state index contributed by atoms with van der Waals surface area (Å²) in [5, 5.41) is 15.7. The molecule has 0 spiro atoms. The molecule has 0 aliphatic rings. The second kappa shape index (κ2) is 7.76. The standard InChI is InChI=1S/C17H16ClN3O4/c1-10(2)12-5-3-4-6-14(12)20-17(23)16(22)19-11-7-8-13(18)15(9-11)21(24)25/h3-10H,1-2H3,(H,19,22)(H,20,23). The minimum Gasteiger partial charge on any atom is -0.318 e. The molecule has 0 radical (unpaired) electrons. The average molecular weight is 362 g/mol. The Labute approximate surface area is 149 Å². The summed E-state index contributed by atoms with van der Waals surface area (Å²) in [6, 6.07) is 10.9. The number of nitro groups is 1. The fourth-order valence-corrected chi connectivity index (χ4v) is 2.40. The molecule has 0 unspecified atom stereocenters. The zero-order valence-electron chi connectivity index (χ0n) is 13.6. The molecular weight excluding hydrogens is 346 g/mol. The highest BCUT2D eigenvalue weighted by atomic mass is 35.5. The van der Waals surface area contributed by atoms with Crippen molar-refractivity contribution in [2.45, 2.75) is 19.8 Å². The van der Waals surface area contributed by atoms with E-state index in [9.17, 15) is 19.7 Å². The molecule has 2 aromatic rings. The van der Waals surface area contributed by atoms with E-state index in [4.69, 9.17) is 11.6 Å². The summed E-state index contributed by atoms with van der Waals surface area (Å²) in [6.07, 6.45) is 0. The van der Waals surface area contributed by atoms with Crippen molar-refractivity contribution in [3.63, 3.8) is 0 Å². The van der Waals surface area contributed by atoms with Crippen LogP contribution in [0.2, 0.25) is 5.02 Å². The van der Waals surface area contributed by atoms with Gasteiger partial charge in [-0.05, 0) is 29.7 Å². The van der Waals surface area contributed by atoms with E-state index in [-0.39, 0.29) is 22.3 Å². The second-order valence-electron chi connectivity index (χ2n) is 5.57. The molecule has 0 heterocycles. The lowest BCUT2D eigenvalue weighted by molar-refractivity contribution is -0.384. The smallest absolute Gasteiger partial charge is 0.314 e. The Balaban J connectivity index is 2.13. The third-order valence-corrected chi connectivity index (χ3v) is 3.76. The fourth-order valence-electron chi connectivity index (χ4n) is 2.21. The van der Waals surface area contributed by atoms with Crippen molar-refractivity contribution in [2.24, 2.45) is 0 Å². The number of amides is 2. The van der Waals surface area contributed by atoms with E-state index in [1.807, 2.05) is 26.0 Å². The Morgan fingerprint density at radius 3 is 2.36 bits per heavy atom. The molecule has 0 aliphatic carbocycles. The average Bonchev–Trinajstić information content (AvgIpc) is 2.56. The zero-order chi connectivity index (χ0) is 18.6. The lowest BCUT2D eigenvalue weighted by atomic mass is 10.0. The first kappa shape index (κ1) is 18.4. The van der Waals surface area contributed by atoms with Crippen LogP contribution in [-0.4, -0.2) is 16.7 Å². The van der Waals surface area contributed by atoms with E-state index in [2.05, 4.69) is 10.6 Å². The number of nitrogens with one attached hydrogen (secondary N) is 2. The van der Waals surface area contributed by atoms with Gasteiger partial charge in [0.1, 0.15) is 5.02 Å². The lowest BCUT2D eigenvalue weighted by Crippen LogP contribution is -2.29. The van der Waals surface area contributed by atoms with Crippen molar-refractivity contribution >= 4 is 40.5 Å². The van der Waals surface area contributed by atoms with Crippen LogP contribution in [0.15, 0.2) is 42.5 Å². The summed E-state index contributed by atoms with van der Waals surface area (Å²) in [5.41, 5.74) is 1.18. The first-order valence-corrected chi connectivity index (χ1v) is 7.82. The Hall–Kier alpha value is -2.93. The van der Waals surface area contributed by atoms with E-state index in [0.29, 0.717) is 5.69 Å². The van der Waals surface area contributed by atoms with Crippen LogP contribution in [0, 0.1) is 10.1 Å². The molecule has 8 heteroatoms.